The molecule has 3 aromatic rings. The van der Waals surface area contributed by atoms with Gasteiger partial charge in [0.15, 0.2) is 0 Å². The Bertz CT molecular complexity index is 1440. The normalized spacial score (nSPS) is 15.3. The molecule has 2 aromatic heterocycles. The van der Waals surface area contributed by atoms with Crippen molar-refractivity contribution < 1.29 is 23.1 Å². The number of pyridine rings is 1. The summed E-state index contributed by atoms with van der Waals surface area (Å²) < 4.78 is 33.6. The lowest BCUT2D eigenvalue weighted by molar-refractivity contribution is -0.0330. The molecule has 2 heterocycles. The molecular formula is C27H34BrN5O5S2. The zero-order valence-electron chi connectivity index (χ0n) is 22.9. The fourth-order valence-corrected chi connectivity index (χ4v) is 6.47. The first-order chi connectivity index (χ1) is 18.9. The number of carbonyl (C=O) groups is 1. The van der Waals surface area contributed by atoms with Crippen LogP contribution in [0, 0.1) is 6.92 Å². The van der Waals surface area contributed by atoms with Gasteiger partial charge in [-0.25, -0.2) is 9.71 Å². The highest BCUT2D eigenvalue weighted by Gasteiger charge is 2.53. The second kappa shape index (κ2) is 12.6. The van der Waals surface area contributed by atoms with Gasteiger partial charge in [-0.15, -0.1) is 11.3 Å². The van der Waals surface area contributed by atoms with Crippen molar-refractivity contribution in [2.45, 2.75) is 50.8 Å². The summed E-state index contributed by atoms with van der Waals surface area (Å²) in [6.45, 7) is 2.62. The Balaban J connectivity index is 1.55. The molecule has 1 unspecified atom stereocenters. The van der Waals surface area contributed by atoms with Crippen LogP contribution in [0.4, 0.5) is 0 Å². The Morgan fingerprint density at radius 1 is 1.27 bits per heavy atom. The van der Waals surface area contributed by atoms with Gasteiger partial charge in [-0.3, -0.25) is 14.7 Å². The standard InChI is InChI=1S/C27H34BrN5O5S2/c1-18-24(25(34)31-40(36,37)32(2)3)30-23(39-18)17-33(14-6-8-19-7-5-9-20(28)15-19)26(35)27(12-13-27)22-11-10-21(38-4)16-29-22/h5,7,9-11,15-16,26,35H,6,8,12-14,17H2,1-4H3,(H,31,34). The molecule has 0 aliphatic heterocycles. The fraction of sp³-hybridized carbons (Fsp3) is 0.444. The van der Waals surface area contributed by atoms with E-state index >= 15 is 0 Å². The number of aryl methyl sites for hydroxylation is 2. The number of aromatic nitrogens is 2. The molecule has 4 rings (SSSR count). The Kier molecular flexibility index (Phi) is 9.63. The molecule has 216 valence electrons. The van der Waals surface area contributed by atoms with E-state index in [-0.39, 0.29) is 5.69 Å². The van der Waals surface area contributed by atoms with Gasteiger partial charge in [0.25, 0.3) is 5.91 Å². The number of thiazole rings is 1. The minimum Gasteiger partial charge on any atom is -0.495 e. The summed E-state index contributed by atoms with van der Waals surface area (Å²) in [7, 11) is 0.322. The Hall–Kier alpha value is -2.42. The first kappa shape index (κ1) is 30.5. The number of halogens is 1. The average molecular weight is 653 g/mol. The third kappa shape index (κ3) is 7.07. The summed E-state index contributed by atoms with van der Waals surface area (Å²) in [5.74, 6) is -0.128. The molecule has 1 aliphatic rings. The summed E-state index contributed by atoms with van der Waals surface area (Å²) in [4.78, 5) is 24.4. The Morgan fingerprint density at radius 3 is 2.62 bits per heavy atom. The number of amides is 1. The van der Waals surface area contributed by atoms with Crippen LogP contribution in [0.1, 0.15) is 50.9 Å². The molecular weight excluding hydrogens is 618 g/mol. The molecule has 40 heavy (non-hydrogen) atoms. The number of aliphatic hydroxyl groups excluding tert-OH is 1. The number of aliphatic hydroxyl groups is 1. The second-order valence-corrected chi connectivity index (χ2v) is 14.1. The van der Waals surface area contributed by atoms with Crippen LogP contribution in [0.25, 0.3) is 0 Å². The maximum Gasteiger partial charge on any atom is 0.303 e. The van der Waals surface area contributed by atoms with Crippen LogP contribution in [0.3, 0.4) is 0 Å². The molecule has 2 N–H and O–H groups in total. The van der Waals surface area contributed by atoms with Crippen molar-refractivity contribution in [3.8, 4) is 5.75 Å². The summed E-state index contributed by atoms with van der Waals surface area (Å²) in [5.41, 5.74) is 1.55. The van der Waals surface area contributed by atoms with Crippen LogP contribution in [-0.4, -0.2) is 72.6 Å². The molecule has 1 aromatic carbocycles. The number of rotatable bonds is 13. The topological polar surface area (TPSA) is 125 Å². The molecule has 10 nitrogen and oxygen atoms in total. The van der Waals surface area contributed by atoms with Crippen molar-refractivity contribution in [1.29, 1.82) is 0 Å². The van der Waals surface area contributed by atoms with Crippen molar-refractivity contribution in [1.82, 2.24) is 23.9 Å². The van der Waals surface area contributed by atoms with E-state index in [1.165, 1.54) is 31.0 Å². The molecule has 1 saturated carbocycles. The molecule has 1 amide bonds. The predicted molar refractivity (Wildman–Crippen MR) is 158 cm³/mol. The molecule has 0 radical (unpaired) electrons. The number of carbonyl (C=O) groups excluding carboxylic acids is 1. The largest absolute Gasteiger partial charge is 0.495 e. The van der Waals surface area contributed by atoms with E-state index in [4.69, 9.17) is 4.74 Å². The van der Waals surface area contributed by atoms with Crippen molar-refractivity contribution >= 4 is 43.4 Å². The lowest BCUT2D eigenvalue weighted by Crippen LogP contribution is -2.44. The van der Waals surface area contributed by atoms with E-state index in [0.717, 1.165) is 40.2 Å². The number of ether oxygens (including phenoxy) is 1. The molecule has 0 saturated heterocycles. The Labute approximate surface area is 247 Å². The first-order valence-corrected chi connectivity index (χ1v) is 15.9. The van der Waals surface area contributed by atoms with Gasteiger partial charge in [0.05, 0.1) is 31.0 Å². The number of hydrogen-bond donors (Lipinski definition) is 2. The van der Waals surface area contributed by atoms with E-state index in [1.54, 1.807) is 20.2 Å². The van der Waals surface area contributed by atoms with Crippen molar-refractivity contribution in [2.75, 3.05) is 27.7 Å². The lowest BCUT2D eigenvalue weighted by atomic mass is 9.97. The van der Waals surface area contributed by atoms with Gasteiger partial charge >= 0.3 is 10.2 Å². The van der Waals surface area contributed by atoms with Gasteiger partial charge in [-0.1, -0.05) is 28.1 Å². The number of hydrogen-bond acceptors (Lipinski definition) is 9. The third-order valence-electron chi connectivity index (χ3n) is 7.01. The van der Waals surface area contributed by atoms with Gasteiger partial charge in [0.1, 0.15) is 22.7 Å². The summed E-state index contributed by atoms with van der Waals surface area (Å²) in [6.07, 6.45) is 4.04. The highest BCUT2D eigenvalue weighted by atomic mass is 79.9. The molecule has 13 heteroatoms. The maximum absolute atomic E-state index is 12.7. The quantitative estimate of drug-likeness (QED) is 0.269. The minimum absolute atomic E-state index is 0.0620. The van der Waals surface area contributed by atoms with Gasteiger partial charge in [0.2, 0.25) is 0 Å². The highest BCUT2D eigenvalue weighted by molar-refractivity contribution is 9.10. The average Bonchev–Trinajstić information content (AvgIpc) is 3.64. The van der Waals surface area contributed by atoms with Crippen LogP contribution in [0.5, 0.6) is 5.75 Å². The van der Waals surface area contributed by atoms with Crippen molar-refractivity contribution in [3.63, 3.8) is 0 Å². The van der Waals surface area contributed by atoms with E-state index in [2.05, 4.69) is 38.0 Å². The van der Waals surface area contributed by atoms with Crippen LogP contribution in [-0.2, 0) is 28.6 Å². The maximum atomic E-state index is 12.7. The van der Waals surface area contributed by atoms with Crippen molar-refractivity contribution in [3.05, 3.63) is 73.9 Å². The second-order valence-electron chi connectivity index (χ2n) is 10.0. The first-order valence-electron chi connectivity index (χ1n) is 12.8. The van der Waals surface area contributed by atoms with Crippen LogP contribution < -0.4 is 9.46 Å². The monoisotopic (exact) mass is 651 g/mol. The van der Waals surface area contributed by atoms with Gasteiger partial charge < -0.3 is 9.84 Å². The number of methoxy groups -OCH3 is 1. The smallest absolute Gasteiger partial charge is 0.303 e. The van der Waals surface area contributed by atoms with Crippen LogP contribution >= 0.6 is 27.3 Å². The third-order valence-corrected chi connectivity index (χ3v) is 9.86. The number of benzene rings is 1. The van der Waals surface area contributed by atoms with Gasteiger partial charge in [-0.2, -0.15) is 12.7 Å². The molecule has 0 bridgehead atoms. The summed E-state index contributed by atoms with van der Waals surface area (Å²) in [5, 5.41) is 12.4. The lowest BCUT2D eigenvalue weighted by Gasteiger charge is -2.33. The summed E-state index contributed by atoms with van der Waals surface area (Å²) in [6, 6.07) is 11.9. The zero-order valence-corrected chi connectivity index (χ0v) is 26.1. The summed E-state index contributed by atoms with van der Waals surface area (Å²) >= 11 is 4.84. The van der Waals surface area contributed by atoms with Crippen LogP contribution in [0.15, 0.2) is 47.1 Å². The predicted octanol–water partition coefficient (Wildman–Crippen LogP) is 3.64. The van der Waals surface area contributed by atoms with E-state index in [1.807, 2.05) is 33.9 Å². The van der Waals surface area contributed by atoms with E-state index in [0.29, 0.717) is 28.7 Å². The Morgan fingerprint density at radius 2 is 2.02 bits per heavy atom. The molecule has 0 spiro atoms. The number of nitrogens with one attached hydrogen (secondary N) is 1. The highest BCUT2D eigenvalue weighted by Crippen LogP contribution is 2.51. The SMILES string of the molecule is COc1ccc(C2(C(O)N(CCCc3cccc(Br)c3)Cc3nc(C(=O)NS(=O)(=O)N(C)C)c(C)s3)CC2)nc1. The zero-order chi connectivity index (χ0) is 29.1. The van der Waals surface area contributed by atoms with Gasteiger partial charge in [0, 0.05) is 30.0 Å². The fourth-order valence-electron chi connectivity index (χ4n) is 4.55. The van der Waals surface area contributed by atoms with Crippen molar-refractivity contribution in [2.24, 2.45) is 0 Å². The van der Waals surface area contributed by atoms with Crippen LogP contribution in [0.2, 0.25) is 0 Å². The molecule has 1 aliphatic carbocycles. The van der Waals surface area contributed by atoms with E-state index < -0.39 is 27.8 Å². The van der Waals surface area contributed by atoms with Gasteiger partial charge in [-0.05, 0) is 62.4 Å². The van der Waals surface area contributed by atoms with E-state index in [9.17, 15) is 18.3 Å². The minimum atomic E-state index is -3.95. The molecule has 1 fully saturated rings. The molecule has 1 atom stereocenters. The number of nitrogens with zero attached hydrogens (tertiary/aromatic N) is 4.